The number of aliphatic hydroxyl groups is 1. The number of carboxylic acid groups (broad SMARTS) is 2. The molecule has 0 aromatic heterocycles. The van der Waals surface area contributed by atoms with Crippen molar-refractivity contribution in [3.8, 4) is 0 Å². The Hall–Kier alpha value is -2.66. The largest absolute Gasteiger partial charge is 0.478 e. The molecule has 0 spiro atoms. The number of aromatic carboxylic acids is 2. The topological polar surface area (TPSA) is 94.8 Å². The molecule has 2 aromatic rings. The third-order valence-electron chi connectivity index (χ3n) is 3.29. The second kappa shape index (κ2) is 8.70. The molecule has 5 nitrogen and oxygen atoms in total. The molecule has 0 aliphatic carbocycles. The molecular formula is C18H20O5. The number of hydrogen-bond donors (Lipinski definition) is 3. The van der Waals surface area contributed by atoms with E-state index in [9.17, 15) is 14.7 Å². The van der Waals surface area contributed by atoms with Crippen molar-refractivity contribution >= 4 is 11.9 Å². The normalized spacial score (nSPS) is 11.1. The highest BCUT2D eigenvalue weighted by Crippen LogP contribution is 2.14. The van der Waals surface area contributed by atoms with E-state index in [1.807, 2.05) is 37.3 Å². The van der Waals surface area contributed by atoms with Gasteiger partial charge < -0.3 is 15.3 Å². The fraction of sp³-hybridized carbons (Fsp3) is 0.222. The van der Waals surface area contributed by atoms with Crippen LogP contribution >= 0.6 is 0 Å². The Labute approximate surface area is 134 Å². The summed E-state index contributed by atoms with van der Waals surface area (Å²) in [6.45, 7) is 3.59. The Balaban J connectivity index is 0.000000238. The van der Waals surface area contributed by atoms with Crippen molar-refractivity contribution in [2.75, 3.05) is 0 Å². The van der Waals surface area contributed by atoms with E-state index in [4.69, 9.17) is 10.2 Å². The third-order valence-corrected chi connectivity index (χ3v) is 3.29. The minimum Gasteiger partial charge on any atom is -0.478 e. The molecule has 2 rings (SSSR count). The first kappa shape index (κ1) is 18.4. The Kier molecular flexibility index (Phi) is 6.96. The summed E-state index contributed by atoms with van der Waals surface area (Å²) in [6.07, 6.45) is 0.491. The van der Waals surface area contributed by atoms with Gasteiger partial charge in [-0.1, -0.05) is 43.3 Å². The first-order valence-corrected chi connectivity index (χ1v) is 7.17. The van der Waals surface area contributed by atoms with Crippen LogP contribution in [-0.2, 0) is 0 Å². The van der Waals surface area contributed by atoms with Crippen LogP contribution in [0.15, 0.2) is 48.5 Å². The second-order valence-electron chi connectivity index (χ2n) is 4.97. The smallest absolute Gasteiger partial charge is 0.335 e. The lowest BCUT2D eigenvalue weighted by molar-refractivity contribution is 0.0695. The molecular weight excluding hydrogens is 296 g/mol. The molecule has 0 fully saturated rings. The summed E-state index contributed by atoms with van der Waals surface area (Å²) in [4.78, 5) is 21.1. The summed E-state index contributed by atoms with van der Waals surface area (Å²) in [5, 5.41) is 26.6. The van der Waals surface area contributed by atoms with E-state index >= 15 is 0 Å². The van der Waals surface area contributed by atoms with E-state index in [0.29, 0.717) is 5.56 Å². The Morgan fingerprint density at radius 2 is 1.61 bits per heavy atom. The van der Waals surface area contributed by atoms with E-state index in [1.54, 1.807) is 6.92 Å². The monoisotopic (exact) mass is 316 g/mol. The van der Waals surface area contributed by atoms with Crippen molar-refractivity contribution in [1.82, 2.24) is 0 Å². The molecule has 0 amide bonds. The van der Waals surface area contributed by atoms with Gasteiger partial charge in [-0.2, -0.15) is 0 Å². The highest BCUT2D eigenvalue weighted by Gasteiger charge is 2.10. The lowest BCUT2D eigenvalue weighted by Crippen LogP contribution is -2.03. The molecule has 0 radical (unpaired) electrons. The summed E-state index contributed by atoms with van der Waals surface area (Å²) in [7, 11) is 0. The Morgan fingerprint density at radius 3 is 2.09 bits per heavy atom. The minimum absolute atomic E-state index is 0.0111. The lowest BCUT2D eigenvalue weighted by atomic mass is 10.1. The van der Waals surface area contributed by atoms with Crippen molar-refractivity contribution in [2.45, 2.75) is 26.4 Å². The molecule has 0 bridgehead atoms. The van der Waals surface area contributed by atoms with Gasteiger partial charge in [-0.05, 0) is 36.6 Å². The molecule has 2 aromatic carbocycles. The van der Waals surface area contributed by atoms with Crippen LogP contribution in [0.1, 0.15) is 51.3 Å². The maximum Gasteiger partial charge on any atom is 0.335 e. The average Bonchev–Trinajstić information content (AvgIpc) is 2.55. The molecule has 122 valence electrons. The molecule has 5 heteroatoms. The van der Waals surface area contributed by atoms with Crippen LogP contribution in [0, 0.1) is 6.92 Å². The van der Waals surface area contributed by atoms with Gasteiger partial charge in [-0.15, -0.1) is 0 Å². The van der Waals surface area contributed by atoms with Gasteiger partial charge >= 0.3 is 11.9 Å². The van der Waals surface area contributed by atoms with Crippen molar-refractivity contribution in [3.63, 3.8) is 0 Å². The van der Waals surface area contributed by atoms with Gasteiger partial charge in [-0.25, -0.2) is 9.59 Å². The number of carboxylic acids is 2. The number of carbonyl (C=O) groups is 2. The number of rotatable bonds is 4. The minimum atomic E-state index is -1.12. The zero-order valence-electron chi connectivity index (χ0n) is 13.1. The number of aliphatic hydroxyl groups excluding tert-OH is 1. The highest BCUT2D eigenvalue weighted by atomic mass is 16.4. The highest BCUT2D eigenvalue weighted by molar-refractivity contribution is 5.94. The predicted octanol–water partition coefficient (Wildman–Crippen LogP) is 3.52. The zero-order chi connectivity index (χ0) is 17.4. The van der Waals surface area contributed by atoms with Gasteiger partial charge in [0, 0.05) is 0 Å². The molecule has 0 saturated carbocycles. The molecule has 0 aliphatic heterocycles. The molecule has 0 heterocycles. The zero-order valence-corrected chi connectivity index (χ0v) is 13.1. The van der Waals surface area contributed by atoms with Gasteiger partial charge in [0.2, 0.25) is 0 Å². The van der Waals surface area contributed by atoms with E-state index in [2.05, 4.69) is 0 Å². The van der Waals surface area contributed by atoms with Gasteiger partial charge in [-0.3, -0.25) is 0 Å². The van der Waals surface area contributed by atoms with Crippen LogP contribution in [0.4, 0.5) is 0 Å². The first-order chi connectivity index (χ1) is 10.9. The molecule has 1 unspecified atom stereocenters. The summed E-state index contributed by atoms with van der Waals surface area (Å²) >= 11 is 0. The van der Waals surface area contributed by atoms with Crippen molar-refractivity contribution in [1.29, 1.82) is 0 Å². The predicted molar refractivity (Wildman–Crippen MR) is 86.8 cm³/mol. The summed E-state index contributed by atoms with van der Waals surface area (Å²) < 4.78 is 0. The van der Waals surface area contributed by atoms with Crippen LogP contribution in [0.2, 0.25) is 0 Å². The van der Waals surface area contributed by atoms with Crippen molar-refractivity contribution < 1.29 is 24.9 Å². The molecule has 0 aliphatic rings. The Bertz CT molecular complexity index is 664. The maximum atomic E-state index is 10.6. The number of hydrogen-bond acceptors (Lipinski definition) is 3. The fourth-order valence-electron chi connectivity index (χ4n) is 1.90. The van der Waals surface area contributed by atoms with Crippen LogP contribution < -0.4 is 0 Å². The van der Waals surface area contributed by atoms with Crippen molar-refractivity contribution in [2.24, 2.45) is 0 Å². The van der Waals surface area contributed by atoms with Crippen molar-refractivity contribution in [3.05, 3.63) is 70.8 Å². The molecule has 0 saturated heterocycles. The number of aryl methyl sites for hydroxylation is 1. The average molecular weight is 316 g/mol. The SMILES string of the molecule is CCC(O)c1ccccc1.Cc1ccc(C(=O)O)cc1C(=O)O. The van der Waals surface area contributed by atoms with Crippen LogP contribution in [0.5, 0.6) is 0 Å². The van der Waals surface area contributed by atoms with E-state index < -0.39 is 11.9 Å². The number of benzene rings is 2. The van der Waals surface area contributed by atoms with Crippen LogP contribution in [-0.4, -0.2) is 27.3 Å². The van der Waals surface area contributed by atoms with Crippen LogP contribution in [0.25, 0.3) is 0 Å². The van der Waals surface area contributed by atoms with Gasteiger partial charge in [0.05, 0.1) is 17.2 Å². The van der Waals surface area contributed by atoms with Gasteiger partial charge in [0.15, 0.2) is 0 Å². The van der Waals surface area contributed by atoms with E-state index in [-0.39, 0.29) is 17.2 Å². The molecule has 23 heavy (non-hydrogen) atoms. The maximum absolute atomic E-state index is 10.6. The van der Waals surface area contributed by atoms with Gasteiger partial charge in [0.1, 0.15) is 0 Å². The molecule has 1 atom stereocenters. The fourth-order valence-corrected chi connectivity index (χ4v) is 1.90. The van der Waals surface area contributed by atoms with Crippen LogP contribution in [0.3, 0.4) is 0 Å². The summed E-state index contributed by atoms with van der Waals surface area (Å²) in [5.41, 5.74) is 1.57. The quantitative estimate of drug-likeness (QED) is 0.802. The standard InChI is InChI=1S/C9H8O4.C9H12O/c1-5-2-3-6(8(10)11)4-7(5)9(12)13;1-2-9(10)8-6-4-3-5-7-8/h2-4H,1H3,(H,10,11)(H,12,13);3-7,9-10H,2H2,1H3. The first-order valence-electron chi connectivity index (χ1n) is 7.17. The van der Waals surface area contributed by atoms with E-state index in [1.165, 1.54) is 12.1 Å². The third kappa shape index (κ3) is 5.56. The summed E-state index contributed by atoms with van der Waals surface area (Å²) in [5.74, 6) is -2.23. The van der Waals surface area contributed by atoms with E-state index in [0.717, 1.165) is 18.1 Å². The summed E-state index contributed by atoms with van der Waals surface area (Å²) in [6, 6.07) is 13.7. The molecule has 3 N–H and O–H groups in total. The lowest BCUT2D eigenvalue weighted by Gasteiger charge is -2.05. The Morgan fingerprint density at radius 1 is 1.00 bits per heavy atom. The van der Waals surface area contributed by atoms with Gasteiger partial charge in [0.25, 0.3) is 0 Å². The second-order valence-corrected chi connectivity index (χ2v) is 4.97.